The summed E-state index contributed by atoms with van der Waals surface area (Å²) in [6, 6.07) is 5.41. The minimum Gasteiger partial charge on any atom is -0.353 e. The zero-order chi connectivity index (χ0) is 12.7. The van der Waals surface area contributed by atoms with Crippen molar-refractivity contribution < 1.29 is 0 Å². The number of imidazole rings is 1. The fraction of sp³-hybridized carbons (Fsp3) is 0.500. The van der Waals surface area contributed by atoms with Crippen molar-refractivity contribution in [2.24, 2.45) is 0 Å². The predicted octanol–water partition coefficient (Wildman–Crippen LogP) is 3.75. The summed E-state index contributed by atoms with van der Waals surface area (Å²) >= 11 is 1.87. The van der Waals surface area contributed by atoms with Crippen molar-refractivity contribution in [3.05, 3.63) is 33.8 Å². The number of nitrogens with zero attached hydrogens (tertiary/aromatic N) is 2. The lowest BCUT2D eigenvalue weighted by molar-refractivity contribution is 0.653. The molecule has 0 spiro atoms. The Morgan fingerprint density at radius 3 is 2.78 bits per heavy atom. The summed E-state index contributed by atoms with van der Waals surface area (Å²) in [4.78, 5) is 7.36. The highest BCUT2D eigenvalue weighted by atomic mass is 32.1. The summed E-state index contributed by atoms with van der Waals surface area (Å²) in [7, 11) is 0. The van der Waals surface area contributed by atoms with Crippen LogP contribution in [0.4, 0.5) is 5.95 Å². The molecule has 96 valence electrons. The Morgan fingerprint density at radius 1 is 1.39 bits per heavy atom. The second kappa shape index (κ2) is 4.43. The van der Waals surface area contributed by atoms with E-state index in [1.54, 1.807) is 0 Å². The van der Waals surface area contributed by atoms with Crippen LogP contribution in [0.1, 0.15) is 41.3 Å². The molecule has 3 nitrogen and oxygen atoms in total. The van der Waals surface area contributed by atoms with E-state index in [0.717, 1.165) is 11.6 Å². The number of hydrogen-bond acceptors (Lipinski definition) is 3. The maximum Gasteiger partial charge on any atom is 0.203 e. The van der Waals surface area contributed by atoms with Crippen molar-refractivity contribution in [2.75, 3.05) is 5.32 Å². The quantitative estimate of drug-likeness (QED) is 0.908. The third-order valence-corrected chi connectivity index (χ3v) is 4.52. The van der Waals surface area contributed by atoms with Gasteiger partial charge in [0.05, 0.1) is 11.7 Å². The summed E-state index contributed by atoms with van der Waals surface area (Å²) < 4.78 is 2.26. The molecular weight excluding hydrogens is 242 g/mol. The molecule has 0 aromatic carbocycles. The van der Waals surface area contributed by atoms with Gasteiger partial charge in [-0.15, -0.1) is 11.3 Å². The van der Waals surface area contributed by atoms with Gasteiger partial charge < -0.3 is 9.88 Å². The van der Waals surface area contributed by atoms with Crippen molar-refractivity contribution in [1.29, 1.82) is 0 Å². The van der Waals surface area contributed by atoms with Crippen LogP contribution < -0.4 is 5.32 Å². The molecule has 2 aromatic rings. The number of aromatic nitrogens is 2. The number of aryl methyl sites for hydroxylation is 2. The van der Waals surface area contributed by atoms with Gasteiger partial charge in [0.1, 0.15) is 0 Å². The average Bonchev–Trinajstić information content (AvgIpc) is 2.91. The summed E-state index contributed by atoms with van der Waals surface area (Å²) in [5.74, 6) is 1.02. The highest BCUT2D eigenvalue weighted by Gasteiger charge is 2.24. The van der Waals surface area contributed by atoms with Gasteiger partial charge in [0.2, 0.25) is 5.95 Å². The van der Waals surface area contributed by atoms with E-state index in [0.29, 0.717) is 12.1 Å². The van der Waals surface area contributed by atoms with Gasteiger partial charge in [-0.1, -0.05) is 0 Å². The lowest BCUT2D eigenvalue weighted by Crippen LogP contribution is -2.12. The summed E-state index contributed by atoms with van der Waals surface area (Å²) in [6.07, 6.45) is 4.70. The lowest BCUT2D eigenvalue weighted by atomic mass is 10.2. The molecule has 1 unspecified atom stereocenters. The monoisotopic (exact) mass is 261 g/mol. The third-order valence-electron chi connectivity index (χ3n) is 3.35. The van der Waals surface area contributed by atoms with Gasteiger partial charge in [0.25, 0.3) is 0 Å². The van der Waals surface area contributed by atoms with Crippen LogP contribution in [-0.4, -0.2) is 15.6 Å². The molecular formula is C14H19N3S. The molecule has 0 saturated heterocycles. The molecule has 1 N–H and O–H groups in total. The van der Waals surface area contributed by atoms with Crippen LogP contribution in [0.5, 0.6) is 0 Å². The summed E-state index contributed by atoms with van der Waals surface area (Å²) in [5, 5.41) is 3.52. The molecule has 1 atom stereocenters. The number of anilines is 1. The molecule has 1 fully saturated rings. The Bertz CT molecular complexity index is 551. The zero-order valence-corrected chi connectivity index (χ0v) is 11.9. The molecule has 2 heterocycles. The second-order valence-electron chi connectivity index (χ2n) is 5.16. The Morgan fingerprint density at radius 2 is 2.17 bits per heavy atom. The van der Waals surface area contributed by atoms with Gasteiger partial charge in [-0.2, -0.15) is 0 Å². The number of nitrogens with one attached hydrogen (secondary N) is 1. The molecule has 2 aromatic heterocycles. The van der Waals surface area contributed by atoms with Gasteiger partial charge in [0, 0.05) is 22.0 Å². The number of rotatable bonds is 4. The Balaban J connectivity index is 1.89. The average molecular weight is 261 g/mol. The normalized spacial score (nSPS) is 16.8. The predicted molar refractivity (Wildman–Crippen MR) is 76.5 cm³/mol. The Kier molecular flexibility index (Phi) is 2.90. The van der Waals surface area contributed by atoms with E-state index in [-0.39, 0.29) is 0 Å². The molecule has 0 radical (unpaired) electrons. The van der Waals surface area contributed by atoms with Crippen LogP contribution in [0, 0.1) is 13.8 Å². The van der Waals surface area contributed by atoms with Crippen LogP contribution in [0.15, 0.2) is 18.3 Å². The van der Waals surface area contributed by atoms with Gasteiger partial charge in [-0.3, -0.25) is 0 Å². The van der Waals surface area contributed by atoms with Crippen molar-refractivity contribution >= 4 is 17.3 Å². The molecule has 1 aliphatic carbocycles. The topological polar surface area (TPSA) is 29.9 Å². The molecule has 0 amide bonds. The first-order valence-corrected chi connectivity index (χ1v) is 7.33. The van der Waals surface area contributed by atoms with Gasteiger partial charge >= 0.3 is 0 Å². The molecule has 0 aliphatic heterocycles. The van der Waals surface area contributed by atoms with E-state index in [1.165, 1.54) is 22.6 Å². The summed E-state index contributed by atoms with van der Waals surface area (Å²) in [5.41, 5.74) is 1.08. The largest absolute Gasteiger partial charge is 0.353 e. The van der Waals surface area contributed by atoms with Crippen LogP contribution in [-0.2, 0) is 0 Å². The fourth-order valence-electron chi connectivity index (χ4n) is 2.14. The Labute approximate surface area is 112 Å². The molecule has 0 bridgehead atoms. The van der Waals surface area contributed by atoms with Crippen molar-refractivity contribution in [3.8, 4) is 0 Å². The lowest BCUT2D eigenvalue weighted by Gasteiger charge is -2.15. The first-order chi connectivity index (χ1) is 8.63. The highest BCUT2D eigenvalue weighted by molar-refractivity contribution is 7.12. The second-order valence-corrected chi connectivity index (χ2v) is 6.48. The van der Waals surface area contributed by atoms with E-state index in [9.17, 15) is 0 Å². The first kappa shape index (κ1) is 11.8. The zero-order valence-electron chi connectivity index (χ0n) is 11.1. The fourth-order valence-corrected chi connectivity index (χ4v) is 3.07. The molecule has 18 heavy (non-hydrogen) atoms. The number of thiophene rings is 1. The standard InChI is InChI=1S/C14H19N3S/c1-9-8-17(14(15-9)16-12-5-6-12)11(3)13-7-4-10(2)18-13/h4,7-8,11-12H,5-6H2,1-3H3,(H,15,16). The van der Waals surface area contributed by atoms with Crippen LogP contribution in [0.3, 0.4) is 0 Å². The van der Waals surface area contributed by atoms with E-state index in [4.69, 9.17) is 0 Å². The van der Waals surface area contributed by atoms with Gasteiger partial charge in [-0.25, -0.2) is 4.98 Å². The van der Waals surface area contributed by atoms with Crippen LogP contribution >= 0.6 is 11.3 Å². The smallest absolute Gasteiger partial charge is 0.203 e. The number of hydrogen-bond donors (Lipinski definition) is 1. The van der Waals surface area contributed by atoms with E-state index in [1.807, 2.05) is 11.3 Å². The highest BCUT2D eigenvalue weighted by Crippen LogP contribution is 2.30. The maximum atomic E-state index is 4.60. The minimum atomic E-state index is 0.353. The van der Waals surface area contributed by atoms with E-state index < -0.39 is 0 Å². The molecule has 1 saturated carbocycles. The van der Waals surface area contributed by atoms with Crippen LogP contribution in [0.2, 0.25) is 0 Å². The summed E-state index contributed by atoms with van der Waals surface area (Å²) in [6.45, 7) is 6.45. The molecule has 1 aliphatic rings. The van der Waals surface area contributed by atoms with Gasteiger partial charge in [0.15, 0.2) is 0 Å². The minimum absolute atomic E-state index is 0.353. The molecule has 4 heteroatoms. The molecule has 3 rings (SSSR count). The Hall–Kier alpha value is -1.29. The van der Waals surface area contributed by atoms with E-state index in [2.05, 4.69) is 54.0 Å². The maximum absolute atomic E-state index is 4.60. The van der Waals surface area contributed by atoms with Crippen LogP contribution in [0.25, 0.3) is 0 Å². The first-order valence-electron chi connectivity index (χ1n) is 6.52. The van der Waals surface area contributed by atoms with Crippen molar-refractivity contribution in [2.45, 2.75) is 45.7 Å². The van der Waals surface area contributed by atoms with Gasteiger partial charge in [-0.05, 0) is 45.7 Å². The third kappa shape index (κ3) is 2.29. The SMILES string of the molecule is Cc1cn(C(C)c2ccc(C)s2)c(NC2CC2)n1. The van der Waals surface area contributed by atoms with Crippen molar-refractivity contribution in [3.63, 3.8) is 0 Å². The van der Waals surface area contributed by atoms with E-state index >= 15 is 0 Å². The van der Waals surface area contributed by atoms with Crippen molar-refractivity contribution in [1.82, 2.24) is 9.55 Å².